The highest BCUT2D eigenvalue weighted by atomic mass is 35.5. The molecule has 0 radical (unpaired) electrons. The van der Waals surface area contributed by atoms with Crippen LogP contribution >= 0.6 is 11.6 Å². The maximum atomic E-state index is 11.0. The van der Waals surface area contributed by atoms with Crippen LogP contribution in [0.2, 0.25) is 5.28 Å². The Balaban J connectivity index is 2.12. The Morgan fingerprint density at radius 3 is 2.95 bits per heavy atom. The Bertz CT molecular complexity index is 479. The van der Waals surface area contributed by atoms with Gasteiger partial charge in [-0.25, -0.2) is 4.98 Å². The molecule has 1 aromatic heterocycles. The van der Waals surface area contributed by atoms with Crippen molar-refractivity contribution in [1.82, 2.24) is 9.97 Å². The van der Waals surface area contributed by atoms with E-state index in [0.717, 1.165) is 0 Å². The zero-order chi connectivity index (χ0) is 13.8. The molecule has 1 atom stereocenters. The smallest absolute Gasteiger partial charge is 0.332 e. The van der Waals surface area contributed by atoms with E-state index in [9.17, 15) is 10.1 Å². The fraction of sp³-hybridized carbons (Fsp3) is 0.600. The molecule has 1 aliphatic rings. The minimum atomic E-state index is -0.535. The van der Waals surface area contributed by atoms with E-state index in [1.54, 1.807) is 0 Å². The van der Waals surface area contributed by atoms with Crippen molar-refractivity contribution in [3.8, 4) is 0 Å². The first-order valence-electron chi connectivity index (χ1n) is 5.69. The van der Waals surface area contributed by atoms with E-state index in [1.165, 1.54) is 6.92 Å². The minimum Gasteiger partial charge on any atom is -0.376 e. The van der Waals surface area contributed by atoms with E-state index in [1.807, 2.05) is 0 Å². The lowest BCUT2D eigenvalue weighted by atomic mass is 10.3. The predicted octanol–water partition coefficient (Wildman–Crippen LogP) is 1.17. The molecule has 1 aliphatic heterocycles. The third kappa shape index (κ3) is 3.49. The number of hydrogen-bond acceptors (Lipinski definition) is 7. The van der Waals surface area contributed by atoms with Crippen LogP contribution in [-0.2, 0) is 9.47 Å². The molecule has 0 saturated carbocycles. The second-order valence-corrected chi connectivity index (χ2v) is 4.32. The van der Waals surface area contributed by atoms with Crippen LogP contribution in [0, 0.1) is 17.0 Å². The molecule has 2 rings (SSSR count). The van der Waals surface area contributed by atoms with Gasteiger partial charge in [0.05, 0.1) is 30.8 Å². The van der Waals surface area contributed by atoms with Crippen LogP contribution in [0.4, 0.5) is 11.5 Å². The average molecular weight is 289 g/mol. The van der Waals surface area contributed by atoms with Crippen LogP contribution in [-0.4, -0.2) is 47.4 Å². The zero-order valence-electron chi connectivity index (χ0n) is 10.3. The van der Waals surface area contributed by atoms with Crippen molar-refractivity contribution in [2.24, 2.45) is 0 Å². The molecule has 0 aromatic carbocycles. The van der Waals surface area contributed by atoms with E-state index < -0.39 is 4.92 Å². The Morgan fingerprint density at radius 2 is 2.32 bits per heavy atom. The molecule has 104 valence electrons. The summed E-state index contributed by atoms with van der Waals surface area (Å²) < 4.78 is 10.7. The Kier molecular flexibility index (Phi) is 4.46. The molecule has 1 unspecified atom stereocenters. The summed E-state index contributed by atoms with van der Waals surface area (Å²) in [5.41, 5.74) is 0.0365. The van der Waals surface area contributed by atoms with E-state index in [0.29, 0.717) is 26.4 Å². The second kappa shape index (κ2) is 6.09. The van der Waals surface area contributed by atoms with E-state index >= 15 is 0 Å². The lowest BCUT2D eigenvalue weighted by molar-refractivity contribution is -0.385. The number of aromatic nitrogens is 2. The maximum absolute atomic E-state index is 11.0. The predicted molar refractivity (Wildman–Crippen MR) is 67.5 cm³/mol. The van der Waals surface area contributed by atoms with Crippen LogP contribution in [0.15, 0.2) is 0 Å². The average Bonchev–Trinajstić information content (AvgIpc) is 2.36. The normalized spacial score (nSPS) is 19.2. The van der Waals surface area contributed by atoms with Crippen LogP contribution in [0.1, 0.15) is 5.69 Å². The van der Waals surface area contributed by atoms with Crippen LogP contribution in [0.3, 0.4) is 0 Å². The zero-order valence-corrected chi connectivity index (χ0v) is 11.0. The molecule has 8 nitrogen and oxygen atoms in total. The number of ether oxygens (including phenoxy) is 2. The molecular formula is C10H13ClN4O4. The van der Waals surface area contributed by atoms with Gasteiger partial charge in [0.1, 0.15) is 5.69 Å². The summed E-state index contributed by atoms with van der Waals surface area (Å²) in [5.74, 6) is 0.0941. The number of hydrogen-bond donors (Lipinski definition) is 1. The van der Waals surface area contributed by atoms with Crippen LogP contribution < -0.4 is 5.32 Å². The third-order valence-electron chi connectivity index (χ3n) is 2.60. The fourth-order valence-corrected chi connectivity index (χ4v) is 1.95. The van der Waals surface area contributed by atoms with Crippen molar-refractivity contribution in [3.63, 3.8) is 0 Å². The molecule has 1 saturated heterocycles. The van der Waals surface area contributed by atoms with Crippen molar-refractivity contribution in [3.05, 3.63) is 21.1 Å². The summed E-state index contributed by atoms with van der Waals surface area (Å²) in [4.78, 5) is 18.1. The number of anilines is 1. The fourth-order valence-electron chi connectivity index (χ4n) is 1.74. The summed E-state index contributed by atoms with van der Waals surface area (Å²) in [6.45, 7) is 3.39. The van der Waals surface area contributed by atoms with Crippen LogP contribution in [0.25, 0.3) is 0 Å². The number of rotatable bonds is 4. The summed E-state index contributed by atoms with van der Waals surface area (Å²) in [6, 6.07) is 0. The van der Waals surface area contributed by atoms with E-state index in [-0.39, 0.29) is 28.6 Å². The highest BCUT2D eigenvalue weighted by Gasteiger charge is 2.23. The van der Waals surface area contributed by atoms with Crippen molar-refractivity contribution < 1.29 is 14.4 Å². The van der Waals surface area contributed by atoms with Gasteiger partial charge < -0.3 is 14.8 Å². The van der Waals surface area contributed by atoms with Crippen molar-refractivity contribution >= 4 is 23.1 Å². The Hall–Kier alpha value is -1.51. The minimum absolute atomic E-state index is 0.0357. The van der Waals surface area contributed by atoms with Gasteiger partial charge in [-0.15, -0.1) is 0 Å². The number of nitrogens with zero attached hydrogens (tertiary/aromatic N) is 3. The Morgan fingerprint density at radius 1 is 1.53 bits per heavy atom. The topological polar surface area (TPSA) is 99.4 Å². The van der Waals surface area contributed by atoms with Crippen LogP contribution in [0.5, 0.6) is 0 Å². The molecule has 0 spiro atoms. The van der Waals surface area contributed by atoms with Gasteiger partial charge in [0.2, 0.25) is 11.1 Å². The molecule has 9 heteroatoms. The molecule has 1 N–H and O–H groups in total. The van der Waals surface area contributed by atoms with E-state index in [4.69, 9.17) is 21.1 Å². The van der Waals surface area contributed by atoms with Gasteiger partial charge in [0, 0.05) is 6.54 Å². The lowest BCUT2D eigenvalue weighted by Crippen LogP contribution is -2.34. The van der Waals surface area contributed by atoms with Crippen molar-refractivity contribution in [2.45, 2.75) is 13.0 Å². The van der Waals surface area contributed by atoms with Gasteiger partial charge in [-0.05, 0) is 18.5 Å². The van der Waals surface area contributed by atoms with Gasteiger partial charge in [-0.2, -0.15) is 4.98 Å². The molecule has 0 amide bonds. The largest absolute Gasteiger partial charge is 0.376 e. The molecule has 0 aliphatic carbocycles. The summed E-state index contributed by atoms with van der Waals surface area (Å²) in [7, 11) is 0. The summed E-state index contributed by atoms with van der Waals surface area (Å²) in [6.07, 6.45) is -0.164. The number of halogens is 1. The maximum Gasteiger partial charge on any atom is 0.332 e. The van der Waals surface area contributed by atoms with E-state index in [2.05, 4.69) is 15.3 Å². The molecule has 1 fully saturated rings. The van der Waals surface area contributed by atoms with Crippen molar-refractivity contribution in [2.75, 3.05) is 31.7 Å². The highest BCUT2D eigenvalue weighted by molar-refractivity contribution is 6.28. The van der Waals surface area contributed by atoms with Crippen molar-refractivity contribution in [1.29, 1.82) is 0 Å². The first-order chi connectivity index (χ1) is 9.08. The van der Waals surface area contributed by atoms with Gasteiger partial charge >= 0.3 is 5.69 Å². The van der Waals surface area contributed by atoms with Gasteiger partial charge in [-0.1, -0.05) is 0 Å². The first-order valence-corrected chi connectivity index (χ1v) is 6.07. The standard InChI is InChI=1S/C10H13ClN4O4/c1-6-8(15(16)17)9(14-10(11)13-6)12-4-7-5-18-2-3-19-7/h7H,2-5H2,1H3,(H,12,13,14). The number of nitro groups is 1. The van der Waals surface area contributed by atoms with Gasteiger partial charge in [-0.3, -0.25) is 10.1 Å². The number of aryl methyl sites for hydroxylation is 1. The number of nitrogens with one attached hydrogen (secondary N) is 1. The SMILES string of the molecule is Cc1nc(Cl)nc(NCC2COCCO2)c1[N+](=O)[O-]. The monoisotopic (exact) mass is 288 g/mol. The molecule has 19 heavy (non-hydrogen) atoms. The first kappa shape index (κ1) is 13.9. The molecule has 1 aromatic rings. The third-order valence-corrected chi connectivity index (χ3v) is 2.76. The second-order valence-electron chi connectivity index (χ2n) is 3.98. The molecule has 0 bridgehead atoms. The van der Waals surface area contributed by atoms with Gasteiger partial charge in [0.25, 0.3) is 0 Å². The quantitative estimate of drug-likeness (QED) is 0.504. The highest BCUT2D eigenvalue weighted by Crippen LogP contribution is 2.26. The lowest BCUT2D eigenvalue weighted by Gasteiger charge is -2.23. The van der Waals surface area contributed by atoms with Gasteiger partial charge in [0.15, 0.2) is 0 Å². The molecular weight excluding hydrogens is 276 g/mol. The Labute approximate surface area is 114 Å². The summed E-state index contributed by atoms with van der Waals surface area (Å²) in [5, 5.41) is 13.8. The summed E-state index contributed by atoms with van der Waals surface area (Å²) >= 11 is 5.71. The molecule has 2 heterocycles.